The van der Waals surface area contributed by atoms with E-state index >= 15 is 0 Å². The quantitative estimate of drug-likeness (QED) is 0.0690. The number of hydrogen-bond acceptors (Lipinski definition) is 6. The van der Waals surface area contributed by atoms with Crippen molar-refractivity contribution in [3.63, 3.8) is 0 Å². The summed E-state index contributed by atoms with van der Waals surface area (Å²) in [6.45, 7) is 6.65. The Balaban J connectivity index is 1.02. The first-order valence-corrected chi connectivity index (χ1v) is 19.3. The van der Waals surface area contributed by atoms with Crippen molar-refractivity contribution in [2.45, 2.75) is 110 Å². The molecule has 2 aromatic carbocycles. The number of hydrogen-bond donors (Lipinski definition) is 0. The second-order valence-corrected chi connectivity index (χ2v) is 14.4. The zero-order chi connectivity index (χ0) is 33.6. The van der Waals surface area contributed by atoms with E-state index in [9.17, 15) is 14.0 Å². The minimum absolute atomic E-state index is 0.0592. The molecule has 0 N–H and O–H groups in total. The molecule has 260 valence electrons. The number of thiophene rings is 1. The highest BCUT2D eigenvalue weighted by Crippen LogP contribution is 2.32. The molecule has 6 nitrogen and oxygen atoms in total. The number of rotatable bonds is 20. The van der Waals surface area contributed by atoms with Crippen LogP contribution in [0.25, 0.3) is 21.0 Å². The highest BCUT2D eigenvalue weighted by molar-refractivity contribution is 7.17. The molecular formula is C40H54FN3O3S. The van der Waals surface area contributed by atoms with Crippen molar-refractivity contribution in [2.24, 2.45) is 0 Å². The fourth-order valence-corrected chi connectivity index (χ4v) is 7.73. The molecule has 1 aliphatic heterocycles. The topological polar surface area (TPSA) is 54.8 Å². The molecule has 0 aliphatic carbocycles. The van der Waals surface area contributed by atoms with E-state index in [0.717, 1.165) is 90.6 Å². The molecule has 1 aliphatic rings. The molecule has 0 spiro atoms. The maximum Gasteiger partial charge on any atom is 0.307 e. The van der Waals surface area contributed by atoms with Crippen molar-refractivity contribution in [2.75, 3.05) is 37.6 Å². The lowest BCUT2D eigenvalue weighted by Gasteiger charge is -2.36. The van der Waals surface area contributed by atoms with Gasteiger partial charge in [0.05, 0.1) is 5.52 Å². The highest BCUT2D eigenvalue weighted by Gasteiger charge is 2.20. The van der Waals surface area contributed by atoms with Gasteiger partial charge in [0, 0.05) is 61.0 Å². The second kappa shape index (κ2) is 19.1. The summed E-state index contributed by atoms with van der Waals surface area (Å²) in [5, 5.41) is 4.11. The molecule has 8 heteroatoms. The average Bonchev–Trinajstić information content (AvgIpc) is 3.57. The average molecular weight is 676 g/mol. The lowest BCUT2D eigenvalue weighted by atomic mass is 10.0. The van der Waals surface area contributed by atoms with Crippen LogP contribution < -0.4 is 10.5 Å². The van der Waals surface area contributed by atoms with Gasteiger partial charge >= 0.3 is 5.97 Å². The Morgan fingerprint density at radius 1 is 0.812 bits per heavy atom. The Bertz CT molecular complexity index is 1640. The Morgan fingerprint density at radius 3 is 2.19 bits per heavy atom. The number of carbonyl (C=O) groups is 1. The lowest BCUT2D eigenvalue weighted by molar-refractivity contribution is -0.147. The molecule has 4 aromatic rings. The van der Waals surface area contributed by atoms with Crippen LogP contribution in [0.1, 0.15) is 102 Å². The molecule has 48 heavy (non-hydrogen) atoms. The maximum absolute atomic E-state index is 14.2. The monoisotopic (exact) mass is 675 g/mol. The van der Waals surface area contributed by atoms with Gasteiger partial charge in [0.15, 0.2) is 6.73 Å². The summed E-state index contributed by atoms with van der Waals surface area (Å²) >= 11 is 1.58. The van der Waals surface area contributed by atoms with Crippen molar-refractivity contribution >= 4 is 44.0 Å². The minimum atomic E-state index is -0.241. The highest BCUT2D eigenvalue weighted by atomic mass is 32.1. The van der Waals surface area contributed by atoms with Gasteiger partial charge in [0.1, 0.15) is 5.82 Å². The molecule has 0 bridgehead atoms. The lowest BCUT2D eigenvalue weighted by Crippen LogP contribution is -2.47. The van der Waals surface area contributed by atoms with Crippen LogP contribution in [-0.4, -0.2) is 48.2 Å². The number of unbranched alkanes of at least 4 members (excludes halogenated alkanes) is 12. The first-order chi connectivity index (χ1) is 23.5. The Labute approximate surface area is 289 Å². The molecule has 0 radical (unpaired) electrons. The van der Waals surface area contributed by atoms with E-state index in [4.69, 9.17) is 4.74 Å². The predicted molar refractivity (Wildman–Crippen MR) is 199 cm³/mol. The van der Waals surface area contributed by atoms with E-state index in [2.05, 4.69) is 34.9 Å². The van der Waals surface area contributed by atoms with Crippen LogP contribution in [-0.2, 0) is 22.7 Å². The number of ether oxygens (including phenoxy) is 1. The van der Waals surface area contributed by atoms with Crippen LogP contribution in [0.3, 0.4) is 0 Å². The van der Waals surface area contributed by atoms with E-state index in [0.29, 0.717) is 6.42 Å². The number of benzene rings is 2. The zero-order valence-corrected chi connectivity index (χ0v) is 29.7. The maximum atomic E-state index is 14.2. The number of esters is 1. The van der Waals surface area contributed by atoms with Crippen molar-refractivity contribution in [1.29, 1.82) is 0 Å². The van der Waals surface area contributed by atoms with Gasteiger partial charge in [0.25, 0.3) is 5.56 Å². The standard InChI is InChI=1S/C40H54FN3O3S/c1-2-3-4-5-6-7-8-9-10-11-12-13-14-15-40(46)47-31-44-36-28-32(16-17-33(36)18-19-39(44)45)20-22-42-23-25-43(26-24-42)37-29-34(41)30-38-35(37)21-27-48-38/h16-19,21,27-30H,2-15,20,22-26,31H2,1H3. The van der Waals surface area contributed by atoms with Gasteiger partial charge < -0.3 is 9.64 Å². The van der Waals surface area contributed by atoms with Crippen molar-refractivity contribution in [3.05, 3.63) is 75.6 Å². The molecule has 0 saturated carbocycles. The summed E-state index contributed by atoms with van der Waals surface area (Å²) < 4.78 is 22.4. The zero-order valence-electron chi connectivity index (χ0n) is 28.9. The number of piperazine rings is 1. The fraction of sp³-hybridized carbons (Fsp3) is 0.550. The SMILES string of the molecule is CCCCCCCCCCCCCCCC(=O)OCn1c(=O)ccc2ccc(CCN3CCN(c4cc(F)cc5sccc45)CC3)cc21. The summed E-state index contributed by atoms with van der Waals surface area (Å²) in [6.07, 6.45) is 17.7. The van der Waals surface area contributed by atoms with Gasteiger partial charge in [-0.2, -0.15) is 0 Å². The number of carbonyl (C=O) groups excluding carboxylic acids is 1. The smallest absolute Gasteiger partial charge is 0.307 e. The molecule has 0 amide bonds. The van der Waals surface area contributed by atoms with Crippen molar-refractivity contribution in [1.82, 2.24) is 9.47 Å². The third-order valence-electron chi connectivity index (χ3n) is 9.84. The first-order valence-electron chi connectivity index (χ1n) is 18.4. The van der Waals surface area contributed by atoms with Crippen LogP contribution in [0.4, 0.5) is 10.1 Å². The fourth-order valence-electron chi connectivity index (χ4n) is 6.90. The van der Waals surface area contributed by atoms with Gasteiger partial charge in [-0.1, -0.05) is 96.1 Å². The Morgan fingerprint density at radius 2 is 1.48 bits per heavy atom. The molecule has 1 fully saturated rings. The number of anilines is 1. The first kappa shape index (κ1) is 36.1. The summed E-state index contributed by atoms with van der Waals surface area (Å²) in [7, 11) is 0. The van der Waals surface area contributed by atoms with Gasteiger partial charge in [-0.25, -0.2) is 4.39 Å². The number of nitrogens with zero attached hydrogens (tertiary/aromatic N) is 3. The summed E-state index contributed by atoms with van der Waals surface area (Å²) in [5.41, 5.74) is 2.77. The van der Waals surface area contributed by atoms with E-state index in [1.165, 1.54) is 64.2 Å². The van der Waals surface area contributed by atoms with Crippen LogP contribution in [0.2, 0.25) is 0 Å². The molecule has 5 rings (SSSR count). The van der Waals surface area contributed by atoms with Gasteiger partial charge in [-0.05, 0) is 59.5 Å². The van der Waals surface area contributed by atoms with Crippen LogP contribution in [0.5, 0.6) is 0 Å². The largest absolute Gasteiger partial charge is 0.444 e. The summed E-state index contributed by atoms with van der Waals surface area (Å²) in [5.74, 6) is -0.419. The molecule has 0 atom stereocenters. The van der Waals surface area contributed by atoms with Gasteiger partial charge in [-0.15, -0.1) is 11.3 Å². The molecule has 2 aromatic heterocycles. The van der Waals surface area contributed by atoms with E-state index < -0.39 is 0 Å². The number of aromatic nitrogens is 1. The van der Waals surface area contributed by atoms with E-state index in [-0.39, 0.29) is 24.1 Å². The van der Waals surface area contributed by atoms with Crippen molar-refractivity contribution in [3.8, 4) is 0 Å². The third kappa shape index (κ3) is 10.6. The van der Waals surface area contributed by atoms with E-state index in [1.807, 2.05) is 17.5 Å². The summed E-state index contributed by atoms with van der Waals surface area (Å²) in [6, 6.07) is 15.0. The number of fused-ring (bicyclic) bond motifs is 2. The minimum Gasteiger partial charge on any atom is -0.444 e. The Kier molecular flexibility index (Phi) is 14.3. The molecule has 3 heterocycles. The molecule has 1 saturated heterocycles. The van der Waals surface area contributed by atoms with Crippen molar-refractivity contribution < 1.29 is 13.9 Å². The van der Waals surface area contributed by atoms with Crippen LogP contribution >= 0.6 is 11.3 Å². The van der Waals surface area contributed by atoms with Gasteiger partial charge in [0.2, 0.25) is 0 Å². The third-order valence-corrected chi connectivity index (χ3v) is 10.7. The molecule has 0 unspecified atom stereocenters. The Hall–Kier alpha value is -3.23. The summed E-state index contributed by atoms with van der Waals surface area (Å²) in [4.78, 5) is 30.1. The van der Waals surface area contributed by atoms with E-state index in [1.54, 1.807) is 34.1 Å². The van der Waals surface area contributed by atoms with Crippen LogP contribution in [0.15, 0.2) is 58.7 Å². The number of halogens is 1. The van der Waals surface area contributed by atoms with Gasteiger partial charge in [-0.3, -0.25) is 19.1 Å². The predicted octanol–water partition coefficient (Wildman–Crippen LogP) is 9.70. The number of pyridine rings is 1. The second-order valence-electron chi connectivity index (χ2n) is 13.5. The van der Waals surface area contributed by atoms with Crippen LogP contribution in [0, 0.1) is 5.82 Å². The normalized spacial score (nSPS) is 13.9. The molecular weight excluding hydrogens is 622 g/mol.